The lowest BCUT2D eigenvalue weighted by molar-refractivity contribution is 0.252. The van der Waals surface area contributed by atoms with Crippen LogP contribution >= 0.6 is 0 Å². The van der Waals surface area contributed by atoms with Gasteiger partial charge in [0.1, 0.15) is 5.82 Å². The fraction of sp³-hybridized carbons (Fsp3) is 0.333. The van der Waals surface area contributed by atoms with Crippen LogP contribution in [-0.2, 0) is 0 Å². The molecule has 0 spiro atoms. The topological polar surface area (TPSA) is 57.3 Å². The van der Waals surface area contributed by atoms with Gasteiger partial charge in [-0.2, -0.15) is 0 Å². The highest BCUT2D eigenvalue weighted by molar-refractivity contribution is 5.88. The van der Waals surface area contributed by atoms with Crippen LogP contribution in [0, 0.1) is 0 Å². The summed E-state index contributed by atoms with van der Waals surface area (Å²) in [7, 11) is 3.87. The number of carbonyl (C=O) groups is 1. The van der Waals surface area contributed by atoms with Crippen molar-refractivity contribution in [3.8, 4) is 0 Å². The number of nitrogens with one attached hydrogen (secondary N) is 2. The average Bonchev–Trinajstić information content (AvgIpc) is 2.27. The van der Waals surface area contributed by atoms with E-state index >= 15 is 0 Å². The fourth-order valence-corrected chi connectivity index (χ4v) is 1.12. The summed E-state index contributed by atoms with van der Waals surface area (Å²) in [5, 5.41) is 5.31. The summed E-state index contributed by atoms with van der Waals surface area (Å²) in [5.41, 5.74) is 1.88. The van der Waals surface area contributed by atoms with E-state index < -0.39 is 0 Å². The molecule has 5 heteroatoms. The van der Waals surface area contributed by atoms with Crippen LogP contribution in [0.3, 0.4) is 0 Å². The zero-order valence-corrected chi connectivity index (χ0v) is 10.4. The number of amides is 2. The molecule has 2 amide bonds. The number of aromatic nitrogens is 1. The van der Waals surface area contributed by atoms with Crippen LogP contribution in [0.4, 0.5) is 16.3 Å². The van der Waals surface area contributed by atoms with Gasteiger partial charge >= 0.3 is 6.03 Å². The average molecular weight is 234 g/mol. The molecule has 0 bridgehead atoms. The monoisotopic (exact) mass is 234 g/mol. The van der Waals surface area contributed by atoms with Crippen LogP contribution in [0.25, 0.3) is 0 Å². The molecule has 0 atom stereocenters. The Bertz CT molecular complexity index is 397. The summed E-state index contributed by atoms with van der Waals surface area (Å²) >= 11 is 0. The number of urea groups is 1. The van der Waals surface area contributed by atoms with E-state index in [2.05, 4.69) is 22.2 Å². The Hall–Kier alpha value is -2.04. The van der Waals surface area contributed by atoms with Crippen LogP contribution < -0.4 is 15.5 Å². The molecule has 1 aromatic heterocycles. The van der Waals surface area contributed by atoms with Gasteiger partial charge < -0.3 is 10.2 Å². The van der Waals surface area contributed by atoms with E-state index in [1.165, 1.54) is 0 Å². The first-order valence-corrected chi connectivity index (χ1v) is 5.31. The molecule has 0 aliphatic carbocycles. The largest absolute Gasteiger partial charge is 0.376 e. The summed E-state index contributed by atoms with van der Waals surface area (Å²) < 4.78 is 0. The molecule has 0 saturated heterocycles. The molecule has 1 aromatic rings. The van der Waals surface area contributed by atoms with Crippen molar-refractivity contribution in [1.82, 2.24) is 10.3 Å². The summed E-state index contributed by atoms with van der Waals surface area (Å²) in [4.78, 5) is 17.5. The fourth-order valence-electron chi connectivity index (χ4n) is 1.12. The molecule has 1 rings (SSSR count). The van der Waals surface area contributed by atoms with Crippen LogP contribution in [-0.4, -0.2) is 31.7 Å². The van der Waals surface area contributed by atoms with Gasteiger partial charge in [-0.25, -0.2) is 9.78 Å². The highest BCUT2D eigenvalue weighted by atomic mass is 16.2. The van der Waals surface area contributed by atoms with Gasteiger partial charge in [-0.05, 0) is 19.1 Å². The van der Waals surface area contributed by atoms with Gasteiger partial charge in [0.05, 0.1) is 11.9 Å². The predicted octanol–water partition coefficient (Wildman–Crippen LogP) is 1.85. The van der Waals surface area contributed by atoms with Gasteiger partial charge in [-0.1, -0.05) is 12.2 Å². The zero-order chi connectivity index (χ0) is 12.8. The van der Waals surface area contributed by atoms with E-state index in [-0.39, 0.29) is 6.03 Å². The number of pyridine rings is 1. The van der Waals surface area contributed by atoms with Gasteiger partial charge in [-0.3, -0.25) is 5.32 Å². The third-order valence-corrected chi connectivity index (χ3v) is 2.06. The standard InChI is InChI=1S/C12H18N4O/c1-9(2)7-14-12(17)15-11-6-5-10(8-13-11)16(3)4/h5-6,8H,1,7H2,2-4H3,(H2,13,14,15,17). The number of nitrogens with zero attached hydrogens (tertiary/aromatic N) is 2. The molecule has 0 saturated carbocycles. The van der Waals surface area contributed by atoms with E-state index in [1.807, 2.05) is 32.0 Å². The van der Waals surface area contributed by atoms with E-state index in [9.17, 15) is 4.79 Å². The van der Waals surface area contributed by atoms with E-state index in [4.69, 9.17) is 0 Å². The van der Waals surface area contributed by atoms with Crippen molar-refractivity contribution in [3.63, 3.8) is 0 Å². The minimum atomic E-state index is -0.280. The first-order chi connectivity index (χ1) is 7.99. The maximum absolute atomic E-state index is 11.4. The molecule has 0 aliphatic rings. The first kappa shape index (κ1) is 13.0. The number of hydrogen-bond donors (Lipinski definition) is 2. The number of carbonyl (C=O) groups excluding carboxylic acids is 1. The Balaban J connectivity index is 2.51. The lowest BCUT2D eigenvalue weighted by Gasteiger charge is -2.12. The van der Waals surface area contributed by atoms with Crippen LogP contribution in [0.15, 0.2) is 30.5 Å². The highest BCUT2D eigenvalue weighted by Crippen LogP contribution is 2.11. The second kappa shape index (κ2) is 5.89. The van der Waals surface area contributed by atoms with Crippen molar-refractivity contribution in [2.24, 2.45) is 0 Å². The van der Waals surface area contributed by atoms with E-state index in [1.54, 1.807) is 12.3 Å². The Kier molecular flexibility index (Phi) is 4.51. The van der Waals surface area contributed by atoms with Gasteiger partial charge in [0.2, 0.25) is 0 Å². The molecule has 2 N–H and O–H groups in total. The summed E-state index contributed by atoms with van der Waals surface area (Å²) in [5.74, 6) is 0.523. The van der Waals surface area contributed by atoms with Crippen LogP contribution in [0.1, 0.15) is 6.92 Å². The Morgan fingerprint density at radius 2 is 2.18 bits per heavy atom. The second-order valence-electron chi connectivity index (χ2n) is 4.06. The molecule has 0 fully saturated rings. The maximum Gasteiger partial charge on any atom is 0.320 e. The number of hydrogen-bond acceptors (Lipinski definition) is 3. The van der Waals surface area contributed by atoms with Gasteiger partial charge in [-0.15, -0.1) is 0 Å². The lowest BCUT2D eigenvalue weighted by Crippen LogP contribution is -2.30. The molecule has 17 heavy (non-hydrogen) atoms. The third kappa shape index (κ3) is 4.55. The predicted molar refractivity (Wildman–Crippen MR) is 70.4 cm³/mol. The molecule has 92 valence electrons. The van der Waals surface area contributed by atoms with Gasteiger partial charge in [0.25, 0.3) is 0 Å². The summed E-state index contributed by atoms with van der Waals surface area (Å²) in [6, 6.07) is 3.37. The lowest BCUT2D eigenvalue weighted by atomic mass is 10.3. The Morgan fingerprint density at radius 3 is 2.65 bits per heavy atom. The van der Waals surface area contributed by atoms with Crippen molar-refractivity contribution in [3.05, 3.63) is 30.5 Å². The normalized spacial score (nSPS) is 9.59. The van der Waals surface area contributed by atoms with Crippen molar-refractivity contribution in [2.75, 3.05) is 30.9 Å². The van der Waals surface area contributed by atoms with Crippen molar-refractivity contribution >= 4 is 17.5 Å². The van der Waals surface area contributed by atoms with Crippen molar-refractivity contribution < 1.29 is 4.79 Å². The third-order valence-electron chi connectivity index (χ3n) is 2.06. The smallest absolute Gasteiger partial charge is 0.320 e. The second-order valence-corrected chi connectivity index (χ2v) is 4.06. The molecule has 0 aromatic carbocycles. The molecule has 0 unspecified atom stereocenters. The van der Waals surface area contributed by atoms with Gasteiger partial charge in [0.15, 0.2) is 0 Å². The molecule has 5 nitrogen and oxygen atoms in total. The summed E-state index contributed by atoms with van der Waals surface area (Å²) in [6.45, 7) is 6.01. The quantitative estimate of drug-likeness (QED) is 0.782. The maximum atomic E-state index is 11.4. The number of anilines is 2. The Labute approximate surface area is 102 Å². The Morgan fingerprint density at radius 1 is 1.47 bits per heavy atom. The van der Waals surface area contributed by atoms with E-state index in [0.717, 1.165) is 11.3 Å². The van der Waals surface area contributed by atoms with Crippen LogP contribution in [0.5, 0.6) is 0 Å². The van der Waals surface area contributed by atoms with Gasteiger partial charge in [0, 0.05) is 20.6 Å². The molecule has 1 heterocycles. The molecular weight excluding hydrogens is 216 g/mol. The number of rotatable bonds is 4. The molecule has 0 aliphatic heterocycles. The zero-order valence-electron chi connectivity index (χ0n) is 10.4. The minimum absolute atomic E-state index is 0.280. The van der Waals surface area contributed by atoms with E-state index in [0.29, 0.717) is 12.4 Å². The minimum Gasteiger partial charge on any atom is -0.376 e. The summed E-state index contributed by atoms with van der Waals surface area (Å²) in [6.07, 6.45) is 1.70. The van der Waals surface area contributed by atoms with Crippen molar-refractivity contribution in [1.29, 1.82) is 0 Å². The highest BCUT2D eigenvalue weighted by Gasteiger charge is 2.02. The van der Waals surface area contributed by atoms with Crippen LogP contribution in [0.2, 0.25) is 0 Å². The molecule has 0 radical (unpaired) electrons. The molecular formula is C12H18N4O. The first-order valence-electron chi connectivity index (χ1n) is 5.31. The van der Waals surface area contributed by atoms with Crippen molar-refractivity contribution in [2.45, 2.75) is 6.92 Å². The SMILES string of the molecule is C=C(C)CNC(=O)Nc1ccc(N(C)C)cn1.